The Balaban J connectivity index is 1.95. The molecule has 2 N–H and O–H groups in total. The summed E-state index contributed by atoms with van der Waals surface area (Å²) in [6.45, 7) is 4.22. The molecule has 90 valence electrons. The van der Waals surface area contributed by atoms with Crippen LogP contribution in [-0.2, 0) is 6.61 Å². The highest BCUT2D eigenvalue weighted by molar-refractivity contribution is 5.28. The monoisotopic (exact) mass is 232 g/mol. The highest BCUT2D eigenvalue weighted by Gasteiger charge is 2.02. The molecule has 0 spiro atoms. The number of nitrogens with two attached hydrogens (primary N) is 1. The SMILES string of the molecule is Cc1cc(COc2ccc(C(C)N)cc2)no1. The number of aromatic nitrogens is 1. The maximum atomic E-state index is 5.77. The first-order valence-electron chi connectivity index (χ1n) is 5.55. The minimum atomic E-state index is 0.0437. The molecule has 1 heterocycles. The van der Waals surface area contributed by atoms with E-state index >= 15 is 0 Å². The van der Waals surface area contributed by atoms with Gasteiger partial charge in [-0.25, -0.2) is 0 Å². The zero-order valence-corrected chi connectivity index (χ0v) is 10.0. The van der Waals surface area contributed by atoms with Crippen molar-refractivity contribution < 1.29 is 9.26 Å². The van der Waals surface area contributed by atoms with Crippen LogP contribution in [0.25, 0.3) is 0 Å². The third-order valence-electron chi connectivity index (χ3n) is 2.47. The molecule has 17 heavy (non-hydrogen) atoms. The van der Waals surface area contributed by atoms with Gasteiger partial charge >= 0.3 is 0 Å². The first kappa shape index (κ1) is 11.7. The fourth-order valence-corrected chi connectivity index (χ4v) is 1.51. The molecule has 4 heteroatoms. The molecule has 0 amide bonds. The number of aryl methyl sites for hydroxylation is 1. The average molecular weight is 232 g/mol. The highest BCUT2D eigenvalue weighted by Crippen LogP contribution is 2.17. The van der Waals surface area contributed by atoms with E-state index in [1.165, 1.54) is 0 Å². The van der Waals surface area contributed by atoms with Crippen molar-refractivity contribution >= 4 is 0 Å². The van der Waals surface area contributed by atoms with Crippen molar-refractivity contribution in [1.29, 1.82) is 0 Å². The summed E-state index contributed by atoms with van der Waals surface area (Å²) in [6, 6.07) is 9.65. The van der Waals surface area contributed by atoms with E-state index in [0.717, 1.165) is 22.8 Å². The quantitative estimate of drug-likeness (QED) is 0.880. The molecule has 1 aromatic heterocycles. The average Bonchev–Trinajstić information content (AvgIpc) is 2.73. The lowest BCUT2D eigenvalue weighted by Gasteiger charge is -2.07. The van der Waals surface area contributed by atoms with E-state index in [0.29, 0.717) is 6.61 Å². The van der Waals surface area contributed by atoms with Crippen molar-refractivity contribution in [3.63, 3.8) is 0 Å². The summed E-state index contributed by atoms with van der Waals surface area (Å²) >= 11 is 0. The first-order valence-corrected chi connectivity index (χ1v) is 5.55. The van der Waals surface area contributed by atoms with Gasteiger partial charge in [-0.2, -0.15) is 0 Å². The van der Waals surface area contributed by atoms with Crippen molar-refractivity contribution in [2.75, 3.05) is 0 Å². The van der Waals surface area contributed by atoms with Gasteiger partial charge in [0.1, 0.15) is 23.8 Å². The second-order valence-electron chi connectivity index (χ2n) is 4.08. The van der Waals surface area contributed by atoms with Crippen LogP contribution in [0.3, 0.4) is 0 Å². The topological polar surface area (TPSA) is 61.3 Å². The summed E-state index contributed by atoms with van der Waals surface area (Å²) < 4.78 is 10.5. The van der Waals surface area contributed by atoms with Gasteiger partial charge in [0, 0.05) is 12.1 Å². The molecule has 0 saturated heterocycles. The Hall–Kier alpha value is -1.81. The van der Waals surface area contributed by atoms with Gasteiger partial charge < -0.3 is 15.0 Å². The zero-order valence-electron chi connectivity index (χ0n) is 10.0. The Labute approximate surface area is 100 Å². The maximum absolute atomic E-state index is 5.77. The third-order valence-corrected chi connectivity index (χ3v) is 2.47. The van der Waals surface area contributed by atoms with Gasteiger partial charge in [-0.15, -0.1) is 0 Å². The molecular formula is C13H16N2O2. The Bertz CT molecular complexity index is 474. The summed E-state index contributed by atoms with van der Waals surface area (Å²) in [5, 5.41) is 3.86. The number of nitrogens with zero attached hydrogens (tertiary/aromatic N) is 1. The lowest BCUT2D eigenvalue weighted by molar-refractivity contribution is 0.288. The van der Waals surface area contributed by atoms with Gasteiger partial charge in [0.15, 0.2) is 0 Å². The molecular weight excluding hydrogens is 216 g/mol. The van der Waals surface area contributed by atoms with Gasteiger partial charge in [-0.1, -0.05) is 17.3 Å². The third kappa shape index (κ3) is 3.07. The van der Waals surface area contributed by atoms with E-state index in [1.54, 1.807) is 0 Å². The van der Waals surface area contributed by atoms with E-state index < -0.39 is 0 Å². The number of benzene rings is 1. The van der Waals surface area contributed by atoms with Crippen LogP contribution in [-0.4, -0.2) is 5.16 Å². The van der Waals surface area contributed by atoms with Gasteiger partial charge in [0.05, 0.1) is 0 Å². The molecule has 2 aromatic rings. The number of hydrogen-bond donors (Lipinski definition) is 1. The fourth-order valence-electron chi connectivity index (χ4n) is 1.51. The predicted molar refractivity (Wildman–Crippen MR) is 64.6 cm³/mol. The summed E-state index contributed by atoms with van der Waals surface area (Å²) in [7, 11) is 0. The molecule has 0 saturated carbocycles. The van der Waals surface area contributed by atoms with E-state index in [-0.39, 0.29) is 6.04 Å². The van der Waals surface area contributed by atoms with Crippen LogP contribution in [0, 0.1) is 6.92 Å². The summed E-state index contributed by atoms with van der Waals surface area (Å²) in [5.41, 5.74) is 7.65. The Morgan fingerprint density at radius 3 is 2.59 bits per heavy atom. The molecule has 1 aromatic carbocycles. The van der Waals surface area contributed by atoms with E-state index in [4.69, 9.17) is 15.0 Å². The van der Waals surface area contributed by atoms with Crippen molar-refractivity contribution in [3.8, 4) is 5.75 Å². The van der Waals surface area contributed by atoms with Gasteiger partial charge in [0.2, 0.25) is 0 Å². The lowest BCUT2D eigenvalue weighted by Crippen LogP contribution is -2.04. The highest BCUT2D eigenvalue weighted by atomic mass is 16.5. The molecule has 1 atom stereocenters. The molecule has 1 unspecified atom stereocenters. The number of ether oxygens (including phenoxy) is 1. The molecule has 0 bridgehead atoms. The van der Waals surface area contributed by atoms with Crippen LogP contribution in [0.5, 0.6) is 5.75 Å². The zero-order chi connectivity index (χ0) is 12.3. The largest absolute Gasteiger partial charge is 0.487 e. The van der Waals surface area contributed by atoms with E-state index in [1.807, 2.05) is 44.2 Å². The van der Waals surface area contributed by atoms with Crippen molar-refractivity contribution in [1.82, 2.24) is 5.16 Å². The van der Waals surface area contributed by atoms with Gasteiger partial charge in [0.25, 0.3) is 0 Å². The normalized spacial score (nSPS) is 12.4. The Morgan fingerprint density at radius 2 is 2.06 bits per heavy atom. The van der Waals surface area contributed by atoms with Gasteiger partial charge in [-0.05, 0) is 31.5 Å². The van der Waals surface area contributed by atoms with Crippen LogP contribution < -0.4 is 10.5 Å². The molecule has 0 aliphatic heterocycles. The Morgan fingerprint density at radius 1 is 1.35 bits per heavy atom. The summed E-state index contributed by atoms with van der Waals surface area (Å²) in [4.78, 5) is 0. The maximum Gasteiger partial charge on any atom is 0.134 e. The molecule has 0 aliphatic rings. The van der Waals surface area contributed by atoms with Crippen LogP contribution in [0.4, 0.5) is 0 Å². The molecule has 0 radical (unpaired) electrons. The minimum absolute atomic E-state index is 0.0437. The van der Waals surface area contributed by atoms with Gasteiger partial charge in [-0.3, -0.25) is 0 Å². The standard InChI is InChI=1S/C13H16N2O2/c1-9-7-12(15-17-9)8-16-13-5-3-11(4-6-13)10(2)14/h3-7,10H,8,14H2,1-2H3. The van der Waals surface area contributed by atoms with Crippen molar-refractivity contribution in [3.05, 3.63) is 47.3 Å². The summed E-state index contributed by atoms with van der Waals surface area (Å²) in [6.07, 6.45) is 0. The predicted octanol–water partition coefficient (Wildman–Crippen LogP) is 2.58. The minimum Gasteiger partial charge on any atom is -0.487 e. The molecule has 0 aliphatic carbocycles. The van der Waals surface area contributed by atoms with Crippen LogP contribution >= 0.6 is 0 Å². The second kappa shape index (κ2) is 5.01. The molecule has 0 fully saturated rings. The molecule has 4 nitrogen and oxygen atoms in total. The first-order chi connectivity index (χ1) is 8.15. The number of hydrogen-bond acceptors (Lipinski definition) is 4. The van der Waals surface area contributed by atoms with Crippen LogP contribution in [0.2, 0.25) is 0 Å². The number of rotatable bonds is 4. The van der Waals surface area contributed by atoms with E-state index in [9.17, 15) is 0 Å². The van der Waals surface area contributed by atoms with Crippen LogP contribution in [0.1, 0.15) is 30.0 Å². The fraction of sp³-hybridized carbons (Fsp3) is 0.308. The lowest BCUT2D eigenvalue weighted by atomic mass is 10.1. The van der Waals surface area contributed by atoms with Crippen LogP contribution in [0.15, 0.2) is 34.9 Å². The smallest absolute Gasteiger partial charge is 0.134 e. The summed E-state index contributed by atoms with van der Waals surface area (Å²) in [5.74, 6) is 1.59. The molecule has 2 rings (SSSR count). The van der Waals surface area contributed by atoms with Crippen molar-refractivity contribution in [2.24, 2.45) is 5.73 Å². The second-order valence-corrected chi connectivity index (χ2v) is 4.08. The van der Waals surface area contributed by atoms with Crippen molar-refractivity contribution in [2.45, 2.75) is 26.5 Å². The Kier molecular flexibility index (Phi) is 3.44. The van der Waals surface area contributed by atoms with E-state index in [2.05, 4.69) is 5.16 Å².